The van der Waals surface area contributed by atoms with Gasteiger partial charge in [0.15, 0.2) is 0 Å². The molecule has 3 aliphatic rings. The van der Waals surface area contributed by atoms with E-state index in [4.69, 9.17) is 6.92 Å². The molecule has 0 aliphatic heterocycles. The van der Waals surface area contributed by atoms with Crippen molar-refractivity contribution in [1.29, 1.82) is 0 Å². The summed E-state index contributed by atoms with van der Waals surface area (Å²) in [6, 6.07) is 47.5. The lowest BCUT2D eigenvalue weighted by atomic mass is 9.65. The molecule has 0 N–H and O–H groups in total. The minimum atomic E-state index is -0.561. The SMILES string of the molecule is [CH2]C(c1cccc2c1Cc1ccccc1-2)(c1cccc2c1Cc1ccccc1-2)c1cccc2c1Cc1ccccc1-2. The largest absolute Gasteiger partial charge is 0.0619 e. The van der Waals surface area contributed by atoms with Crippen LogP contribution in [0.15, 0.2) is 127 Å². The molecular formula is C41H29. The van der Waals surface area contributed by atoms with Gasteiger partial charge in [0, 0.05) is 5.41 Å². The summed E-state index contributed by atoms with van der Waals surface area (Å²) in [6.07, 6.45) is 2.84. The fourth-order valence-corrected chi connectivity index (χ4v) is 8.11. The van der Waals surface area contributed by atoms with E-state index in [1.54, 1.807) is 0 Å². The molecule has 0 amide bonds. The topological polar surface area (TPSA) is 0 Å². The van der Waals surface area contributed by atoms with Gasteiger partial charge in [0.05, 0.1) is 0 Å². The van der Waals surface area contributed by atoms with Crippen LogP contribution >= 0.6 is 0 Å². The smallest absolute Gasteiger partial charge is 0.0461 e. The maximum absolute atomic E-state index is 5.30. The second-order valence-corrected chi connectivity index (χ2v) is 11.9. The van der Waals surface area contributed by atoms with Crippen molar-refractivity contribution >= 4 is 0 Å². The van der Waals surface area contributed by atoms with Gasteiger partial charge in [-0.05, 0) is 110 Å². The van der Waals surface area contributed by atoms with Crippen molar-refractivity contribution in [3.05, 3.63) is 184 Å². The predicted molar refractivity (Wildman–Crippen MR) is 169 cm³/mol. The molecule has 0 atom stereocenters. The Hall–Kier alpha value is -4.68. The average Bonchev–Trinajstić information content (AvgIpc) is 3.71. The van der Waals surface area contributed by atoms with Gasteiger partial charge in [0.1, 0.15) is 0 Å². The van der Waals surface area contributed by atoms with Crippen LogP contribution in [0.5, 0.6) is 0 Å². The van der Waals surface area contributed by atoms with E-state index >= 15 is 0 Å². The summed E-state index contributed by atoms with van der Waals surface area (Å²) >= 11 is 0. The maximum Gasteiger partial charge on any atom is 0.0461 e. The quantitative estimate of drug-likeness (QED) is 0.203. The van der Waals surface area contributed by atoms with Crippen molar-refractivity contribution in [2.75, 3.05) is 0 Å². The minimum absolute atomic E-state index is 0.561. The van der Waals surface area contributed by atoms with E-state index in [0.717, 1.165) is 19.3 Å². The zero-order valence-corrected chi connectivity index (χ0v) is 23.0. The molecule has 1 radical (unpaired) electrons. The molecule has 0 heterocycles. The van der Waals surface area contributed by atoms with Crippen molar-refractivity contribution in [3.8, 4) is 33.4 Å². The van der Waals surface area contributed by atoms with E-state index in [1.165, 1.54) is 83.5 Å². The van der Waals surface area contributed by atoms with E-state index < -0.39 is 5.41 Å². The summed E-state index contributed by atoms with van der Waals surface area (Å²) in [4.78, 5) is 0. The average molecular weight is 522 g/mol. The van der Waals surface area contributed by atoms with Crippen molar-refractivity contribution in [1.82, 2.24) is 0 Å². The highest BCUT2D eigenvalue weighted by Crippen LogP contribution is 2.53. The van der Waals surface area contributed by atoms with Crippen LogP contribution in [0, 0.1) is 6.92 Å². The van der Waals surface area contributed by atoms with Crippen LogP contribution in [0.3, 0.4) is 0 Å². The third kappa shape index (κ3) is 3.11. The standard InChI is InChI=1S/C41H29/c1-41(38-20-8-17-32-29-14-5-2-11-26(29)23-35(32)38,39-21-9-18-33-30-15-6-3-12-27(30)24-36(33)39)40-22-10-19-34-31-16-7-4-13-28(31)25-37(34)40/h2-22H,1,23-25H2. The van der Waals surface area contributed by atoms with Gasteiger partial charge < -0.3 is 0 Å². The highest BCUT2D eigenvalue weighted by Gasteiger charge is 2.41. The van der Waals surface area contributed by atoms with Gasteiger partial charge in [-0.1, -0.05) is 127 Å². The molecule has 193 valence electrons. The number of benzene rings is 6. The second kappa shape index (κ2) is 8.41. The lowest BCUT2D eigenvalue weighted by Crippen LogP contribution is -2.30. The summed E-state index contributed by atoms with van der Waals surface area (Å²) in [5.74, 6) is 0. The van der Waals surface area contributed by atoms with Gasteiger partial charge in [0.2, 0.25) is 0 Å². The first kappa shape index (κ1) is 23.1. The van der Waals surface area contributed by atoms with E-state index in [2.05, 4.69) is 127 Å². The number of rotatable bonds is 3. The van der Waals surface area contributed by atoms with Gasteiger partial charge in [-0.25, -0.2) is 0 Å². The van der Waals surface area contributed by atoms with Gasteiger partial charge in [-0.2, -0.15) is 0 Å². The van der Waals surface area contributed by atoms with Crippen molar-refractivity contribution in [2.45, 2.75) is 24.7 Å². The molecule has 0 nitrogen and oxygen atoms in total. The molecule has 0 aromatic heterocycles. The maximum atomic E-state index is 5.30. The molecule has 6 aromatic rings. The summed E-state index contributed by atoms with van der Waals surface area (Å²) < 4.78 is 0. The molecule has 41 heavy (non-hydrogen) atoms. The van der Waals surface area contributed by atoms with Crippen LogP contribution in [0.1, 0.15) is 50.1 Å². The Morgan fingerprint density at radius 2 is 0.634 bits per heavy atom. The highest BCUT2D eigenvalue weighted by atomic mass is 14.4. The third-order valence-electron chi connectivity index (χ3n) is 9.93. The Balaban J connectivity index is 1.35. The number of hydrogen-bond acceptors (Lipinski definition) is 0. The molecule has 0 saturated heterocycles. The Bertz CT molecular complexity index is 1810. The first-order valence-corrected chi connectivity index (χ1v) is 14.7. The summed E-state index contributed by atoms with van der Waals surface area (Å²) in [7, 11) is 0. The van der Waals surface area contributed by atoms with Crippen molar-refractivity contribution < 1.29 is 0 Å². The summed E-state index contributed by atoms with van der Waals surface area (Å²) in [6.45, 7) is 5.30. The Labute approximate surface area is 242 Å². The van der Waals surface area contributed by atoms with Gasteiger partial charge in [-0.3, -0.25) is 0 Å². The van der Waals surface area contributed by atoms with Crippen LogP contribution in [0.4, 0.5) is 0 Å². The van der Waals surface area contributed by atoms with E-state index in [0.29, 0.717) is 0 Å². The molecule has 0 saturated carbocycles. The number of fused-ring (bicyclic) bond motifs is 9. The molecule has 0 fully saturated rings. The summed E-state index contributed by atoms with van der Waals surface area (Å²) in [5.41, 5.74) is 20.1. The fourth-order valence-electron chi connectivity index (χ4n) is 8.11. The lowest BCUT2D eigenvalue weighted by Gasteiger charge is -2.37. The van der Waals surface area contributed by atoms with E-state index in [1.807, 2.05) is 0 Å². The molecule has 9 rings (SSSR count). The minimum Gasteiger partial charge on any atom is -0.0619 e. The third-order valence-corrected chi connectivity index (χ3v) is 9.93. The zero-order valence-electron chi connectivity index (χ0n) is 23.0. The molecule has 0 bridgehead atoms. The summed E-state index contributed by atoms with van der Waals surface area (Å²) in [5, 5.41) is 0. The molecule has 0 heteroatoms. The van der Waals surface area contributed by atoms with Crippen molar-refractivity contribution in [3.63, 3.8) is 0 Å². The fraction of sp³-hybridized carbons (Fsp3) is 0.0976. The monoisotopic (exact) mass is 521 g/mol. The van der Waals surface area contributed by atoms with E-state index in [9.17, 15) is 0 Å². The molecule has 3 aliphatic carbocycles. The Morgan fingerprint density at radius 1 is 0.341 bits per heavy atom. The second-order valence-electron chi connectivity index (χ2n) is 11.9. The molecule has 0 unspecified atom stereocenters. The van der Waals surface area contributed by atoms with Gasteiger partial charge >= 0.3 is 0 Å². The zero-order chi connectivity index (χ0) is 27.1. The number of hydrogen-bond donors (Lipinski definition) is 0. The molecule has 0 spiro atoms. The van der Waals surface area contributed by atoms with Crippen LogP contribution in [-0.4, -0.2) is 0 Å². The lowest BCUT2D eigenvalue weighted by molar-refractivity contribution is 0.746. The molecular weight excluding hydrogens is 492 g/mol. The first-order valence-electron chi connectivity index (χ1n) is 14.7. The van der Waals surface area contributed by atoms with Crippen LogP contribution in [0.25, 0.3) is 33.4 Å². The first-order chi connectivity index (χ1) is 20.2. The Morgan fingerprint density at radius 3 is 0.976 bits per heavy atom. The van der Waals surface area contributed by atoms with Gasteiger partial charge in [0.25, 0.3) is 0 Å². The van der Waals surface area contributed by atoms with Crippen LogP contribution < -0.4 is 0 Å². The molecule has 6 aromatic carbocycles. The van der Waals surface area contributed by atoms with E-state index in [-0.39, 0.29) is 0 Å². The van der Waals surface area contributed by atoms with Crippen LogP contribution in [0.2, 0.25) is 0 Å². The highest BCUT2D eigenvalue weighted by molar-refractivity contribution is 5.84. The normalized spacial score (nSPS) is 13.7. The van der Waals surface area contributed by atoms with Crippen molar-refractivity contribution in [2.24, 2.45) is 0 Å². The van der Waals surface area contributed by atoms with Crippen LogP contribution in [-0.2, 0) is 24.7 Å². The Kier molecular flexibility index (Phi) is 4.73. The predicted octanol–water partition coefficient (Wildman–Crippen LogP) is 9.57. The van der Waals surface area contributed by atoms with Gasteiger partial charge in [-0.15, -0.1) is 0 Å².